The summed E-state index contributed by atoms with van der Waals surface area (Å²) in [6.07, 6.45) is 6.68. The summed E-state index contributed by atoms with van der Waals surface area (Å²) in [4.78, 5) is 7.47. The van der Waals surface area contributed by atoms with E-state index in [4.69, 9.17) is 0 Å². The summed E-state index contributed by atoms with van der Waals surface area (Å²) < 4.78 is 29.6. The van der Waals surface area contributed by atoms with E-state index >= 15 is 0 Å². The topological polar surface area (TPSA) is 106 Å². The fraction of sp³-hybridized carbons (Fsp3) is 0.533. The van der Waals surface area contributed by atoms with Crippen molar-refractivity contribution in [2.24, 2.45) is 0 Å². The molecule has 0 bridgehead atoms. The van der Waals surface area contributed by atoms with E-state index in [1.807, 2.05) is 16.9 Å². The van der Waals surface area contributed by atoms with Gasteiger partial charge in [0.1, 0.15) is 16.7 Å². The lowest BCUT2D eigenvalue weighted by atomic mass is 10.2. The normalized spacial score (nSPS) is 27.5. The number of nitrogens with one attached hydrogen (secondary N) is 2. The summed E-state index contributed by atoms with van der Waals surface area (Å²) in [5, 5.41) is 9.44. The van der Waals surface area contributed by atoms with Crippen LogP contribution in [0.4, 0.5) is 0 Å². The van der Waals surface area contributed by atoms with Gasteiger partial charge in [0.05, 0.1) is 17.5 Å². The van der Waals surface area contributed by atoms with Gasteiger partial charge in [-0.2, -0.15) is 0 Å². The number of halogens is 1. The number of aromatic nitrogens is 5. The fourth-order valence-electron chi connectivity index (χ4n) is 3.69. The summed E-state index contributed by atoms with van der Waals surface area (Å²) in [7, 11) is -3.17. The van der Waals surface area contributed by atoms with Crippen LogP contribution < -0.4 is 4.72 Å². The number of hydrogen-bond donors (Lipinski definition) is 2. The summed E-state index contributed by atoms with van der Waals surface area (Å²) in [5.74, 6) is 0. The molecule has 2 saturated carbocycles. The quantitative estimate of drug-likeness (QED) is 0.446. The van der Waals surface area contributed by atoms with Gasteiger partial charge in [-0.05, 0) is 31.7 Å². The molecule has 2 N–H and O–H groups in total. The first-order chi connectivity index (χ1) is 12.0. The lowest BCUT2D eigenvalue weighted by Gasteiger charge is -2.15. The van der Waals surface area contributed by atoms with Crippen molar-refractivity contribution in [3.8, 4) is 0 Å². The van der Waals surface area contributed by atoms with Crippen LogP contribution in [0.15, 0.2) is 18.5 Å². The largest absolute Gasteiger partial charge is 0.346 e. The number of sulfonamides is 1. The minimum atomic E-state index is -3.17. The van der Waals surface area contributed by atoms with Gasteiger partial charge in [-0.15, -0.1) is 5.10 Å². The molecular weight excluding hydrogens is 455 g/mol. The smallest absolute Gasteiger partial charge is 0.214 e. The van der Waals surface area contributed by atoms with E-state index < -0.39 is 10.0 Å². The molecule has 3 aromatic rings. The first-order valence-electron chi connectivity index (χ1n) is 8.35. The van der Waals surface area contributed by atoms with Gasteiger partial charge in [0.25, 0.3) is 0 Å². The van der Waals surface area contributed by atoms with Crippen LogP contribution in [0.25, 0.3) is 22.1 Å². The van der Waals surface area contributed by atoms with Gasteiger partial charge in [0.15, 0.2) is 0 Å². The van der Waals surface area contributed by atoms with Crippen LogP contribution in [0.1, 0.15) is 31.7 Å². The SMILES string of the molecule is O=S(=O)(N[C@H]1C[C@@H](I)[C@@H](n2nnc3cnc4[nH]ccc4c32)C1)C1CC1. The molecule has 2 fully saturated rings. The number of fused-ring (bicyclic) bond motifs is 3. The van der Waals surface area contributed by atoms with Crippen molar-refractivity contribution >= 4 is 54.7 Å². The molecule has 0 aromatic carbocycles. The third-order valence-corrected chi connectivity index (χ3v) is 8.43. The molecule has 3 atom stereocenters. The van der Waals surface area contributed by atoms with Crippen molar-refractivity contribution in [1.82, 2.24) is 29.7 Å². The van der Waals surface area contributed by atoms with Gasteiger partial charge in [-0.1, -0.05) is 27.8 Å². The molecule has 0 amide bonds. The number of nitrogens with zero attached hydrogens (tertiary/aromatic N) is 4. The van der Waals surface area contributed by atoms with Crippen LogP contribution >= 0.6 is 22.6 Å². The maximum Gasteiger partial charge on any atom is 0.214 e. The van der Waals surface area contributed by atoms with Gasteiger partial charge in [0.2, 0.25) is 10.0 Å². The van der Waals surface area contributed by atoms with Crippen molar-refractivity contribution in [2.75, 3.05) is 0 Å². The van der Waals surface area contributed by atoms with Gasteiger partial charge in [0, 0.05) is 21.5 Å². The number of pyridine rings is 1. The van der Waals surface area contributed by atoms with Crippen molar-refractivity contribution < 1.29 is 8.42 Å². The van der Waals surface area contributed by atoms with E-state index in [2.05, 4.69) is 47.6 Å². The highest BCUT2D eigenvalue weighted by molar-refractivity contribution is 14.1. The van der Waals surface area contributed by atoms with Crippen LogP contribution in [-0.2, 0) is 10.0 Å². The lowest BCUT2D eigenvalue weighted by molar-refractivity contribution is 0.466. The fourth-order valence-corrected chi connectivity index (χ4v) is 6.51. The Morgan fingerprint density at radius 1 is 1.32 bits per heavy atom. The van der Waals surface area contributed by atoms with Crippen LogP contribution in [0.2, 0.25) is 0 Å². The third kappa shape index (κ3) is 2.65. The highest BCUT2D eigenvalue weighted by atomic mass is 127. The first-order valence-corrected chi connectivity index (χ1v) is 11.1. The Kier molecular flexibility index (Phi) is 3.58. The van der Waals surface area contributed by atoms with Crippen molar-refractivity contribution in [2.45, 2.75) is 46.9 Å². The summed E-state index contributed by atoms with van der Waals surface area (Å²) >= 11 is 2.40. The number of aromatic amines is 1. The zero-order valence-corrected chi connectivity index (χ0v) is 16.2. The molecule has 5 rings (SSSR count). The number of hydrogen-bond acceptors (Lipinski definition) is 5. The van der Waals surface area contributed by atoms with E-state index in [1.54, 1.807) is 6.20 Å². The zero-order chi connectivity index (χ0) is 17.2. The standard InChI is InChI=1S/C15H17IN6O2S/c16-11-5-8(20-25(23,24)9-1-2-9)6-13(11)22-14-10-3-4-17-15(10)18-7-12(14)19-21-22/h3-4,7-9,11,13,20H,1-2,5-6H2,(H,17,18)/t8-,11+,13-/m0/s1. The van der Waals surface area contributed by atoms with Crippen molar-refractivity contribution in [3.05, 3.63) is 18.5 Å². The van der Waals surface area contributed by atoms with Crippen LogP contribution in [-0.4, -0.2) is 48.6 Å². The molecule has 0 aliphatic heterocycles. The second-order valence-corrected chi connectivity index (χ2v) is 10.5. The highest BCUT2D eigenvalue weighted by Gasteiger charge is 2.41. The number of rotatable bonds is 4. The summed E-state index contributed by atoms with van der Waals surface area (Å²) in [6, 6.07) is 2.05. The Labute approximate surface area is 157 Å². The van der Waals surface area contributed by atoms with Crippen molar-refractivity contribution in [1.29, 1.82) is 0 Å². The second kappa shape index (κ2) is 5.61. The first kappa shape index (κ1) is 15.9. The second-order valence-electron chi connectivity index (χ2n) is 6.88. The molecule has 3 heterocycles. The molecule has 0 spiro atoms. The molecule has 10 heteroatoms. The minimum absolute atomic E-state index is 0.0414. The molecule has 132 valence electrons. The maximum absolute atomic E-state index is 12.2. The van der Waals surface area contributed by atoms with E-state index in [1.165, 1.54) is 0 Å². The molecule has 2 aliphatic carbocycles. The Bertz CT molecular complexity index is 1060. The van der Waals surface area contributed by atoms with Gasteiger partial charge >= 0.3 is 0 Å². The summed E-state index contributed by atoms with van der Waals surface area (Å²) in [6.45, 7) is 0. The molecule has 0 saturated heterocycles. The van der Waals surface area contributed by atoms with Crippen LogP contribution in [0.5, 0.6) is 0 Å². The Morgan fingerprint density at radius 2 is 2.16 bits per heavy atom. The highest BCUT2D eigenvalue weighted by Crippen LogP contribution is 2.39. The third-order valence-electron chi connectivity index (χ3n) is 5.08. The van der Waals surface area contributed by atoms with Crippen molar-refractivity contribution in [3.63, 3.8) is 0 Å². The van der Waals surface area contributed by atoms with Crippen LogP contribution in [0.3, 0.4) is 0 Å². The van der Waals surface area contributed by atoms with E-state index in [9.17, 15) is 8.42 Å². The Morgan fingerprint density at radius 3 is 2.96 bits per heavy atom. The monoisotopic (exact) mass is 472 g/mol. The molecule has 25 heavy (non-hydrogen) atoms. The van der Waals surface area contributed by atoms with E-state index in [-0.39, 0.29) is 21.3 Å². The number of alkyl halides is 1. The molecule has 0 radical (unpaired) electrons. The Balaban J connectivity index is 1.49. The van der Waals surface area contributed by atoms with Gasteiger partial charge in [-0.3, -0.25) is 0 Å². The molecule has 0 unspecified atom stereocenters. The number of H-pyrrole nitrogens is 1. The predicted molar refractivity (Wildman–Crippen MR) is 102 cm³/mol. The summed E-state index contributed by atoms with van der Waals surface area (Å²) in [5.41, 5.74) is 2.53. The van der Waals surface area contributed by atoms with Gasteiger partial charge < -0.3 is 4.98 Å². The minimum Gasteiger partial charge on any atom is -0.346 e. The average molecular weight is 472 g/mol. The molecule has 8 nitrogen and oxygen atoms in total. The molecular formula is C15H17IN6O2S. The maximum atomic E-state index is 12.2. The lowest BCUT2D eigenvalue weighted by Crippen LogP contribution is -2.35. The zero-order valence-electron chi connectivity index (χ0n) is 13.3. The predicted octanol–water partition coefficient (Wildman–Crippen LogP) is 1.90. The van der Waals surface area contributed by atoms with Crippen LogP contribution in [0, 0.1) is 0 Å². The van der Waals surface area contributed by atoms with E-state index in [0.717, 1.165) is 47.8 Å². The van der Waals surface area contributed by atoms with Gasteiger partial charge in [-0.25, -0.2) is 22.8 Å². The molecule has 2 aliphatic rings. The average Bonchev–Trinajstić information content (AvgIpc) is 3.03. The molecule has 3 aromatic heterocycles. The Hall–Kier alpha value is -1.27. The van der Waals surface area contributed by atoms with E-state index in [0.29, 0.717) is 0 Å².